The lowest BCUT2D eigenvalue weighted by molar-refractivity contribution is -0.127. The lowest BCUT2D eigenvalue weighted by Crippen LogP contribution is -2.29. The van der Waals surface area contributed by atoms with Crippen molar-refractivity contribution < 1.29 is 4.79 Å². The summed E-state index contributed by atoms with van der Waals surface area (Å²) in [6.45, 7) is 2.20. The molecule has 1 heterocycles. The maximum Gasteiger partial charge on any atom is 0.235 e. The van der Waals surface area contributed by atoms with Crippen LogP contribution in [-0.2, 0) is 18.4 Å². The Kier molecular flexibility index (Phi) is 4.31. The Bertz CT molecular complexity index is 376. The topological polar surface area (TPSA) is 77.0 Å². The van der Waals surface area contributed by atoms with Crippen LogP contribution in [0, 0.1) is 0 Å². The molecule has 90 valence electrons. The minimum atomic E-state index is -0.177. The second-order valence-electron chi connectivity index (χ2n) is 3.65. The van der Waals surface area contributed by atoms with Gasteiger partial charge in [0, 0.05) is 21.1 Å². The number of hydrogen-bond acceptors (Lipinski definition) is 5. The molecule has 0 radical (unpaired) electrons. The van der Waals surface area contributed by atoms with Gasteiger partial charge in [0.2, 0.25) is 5.91 Å². The molecule has 0 aliphatic heterocycles. The van der Waals surface area contributed by atoms with Crippen molar-refractivity contribution in [2.75, 3.05) is 14.1 Å². The molecular formula is C9H17N5OS. The lowest BCUT2D eigenvalue weighted by atomic mass is 10.4. The molecule has 1 atom stereocenters. The summed E-state index contributed by atoms with van der Waals surface area (Å²) in [4.78, 5) is 13.2. The molecule has 6 nitrogen and oxygen atoms in total. The smallest absolute Gasteiger partial charge is 0.235 e. The first-order valence-electron chi connectivity index (χ1n) is 4.93. The maximum absolute atomic E-state index is 11.7. The predicted octanol–water partition coefficient (Wildman–Crippen LogP) is -0.157. The third kappa shape index (κ3) is 2.73. The number of carbonyl (C=O) groups is 1. The van der Waals surface area contributed by atoms with Crippen molar-refractivity contribution >= 4 is 17.7 Å². The minimum Gasteiger partial charge on any atom is -0.348 e. The van der Waals surface area contributed by atoms with E-state index in [1.54, 1.807) is 19.0 Å². The highest BCUT2D eigenvalue weighted by atomic mass is 32.2. The van der Waals surface area contributed by atoms with E-state index in [0.717, 1.165) is 0 Å². The number of carbonyl (C=O) groups excluding carboxylic acids is 1. The second kappa shape index (κ2) is 5.31. The summed E-state index contributed by atoms with van der Waals surface area (Å²) >= 11 is 1.39. The fourth-order valence-corrected chi connectivity index (χ4v) is 2.18. The molecule has 0 aliphatic carbocycles. The molecule has 0 aliphatic rings. The largest absolute Gasteiger partial charge is 0.348 e. The van der Waals surface area contributed by atoms with Gasteiger partial charge in [0.05, 0.1) is 11.8 Å². The van der Waals surface area contributed by atoms with Gasteiger partial charge in [-0.15, -0.1) is 10.2 Å². The summed E-state index contributed by atoms with van der Waals surface area (Å²) in [5, 5.41) is 8.46. The molecular weight excluding hydrogens is 226 g/mol. The van der Waals surface area contributed by atoms with Crippen molar-refractivity contribution in [3.05, 3.63) is 5.82 Å². The van der Waals surface area contributed by atoms with E-state index in [2.05, 4.69) is 10.2 Å². The number of amides is 1. The van der Waals surface area contributed by atoms with E-state index in [9.17, 15) is 4.79 Å². The standard InChI is InChI=1S/C9H17N5OS/c1-6(8(15)13(2)3)16-9-12-11-7(5-10)14(9)4/h6H,5,10H2,1-4H3/t6-/m0/s1. The van der Waals surface area contributed by atoms with Gasteiger partial charge in [-0.3, -0.25) is 4.79 Å². The first kappa shape index (κ1) is 13.0. The fourth-order valence-electron chi connectivity index (χ4n) is 1.20. The molecule has 0 aromatic carbocycles. The van der Waals surface area contributed by atoms with Crippen molar-refractivity contribution in [3.8, 4) is 0 Å². The van der Waals surface area contributed by atoms with Crippen molar-refractivity contribution in [2.24, 2.45) is 12.8 Å². The second-order valence-corrected chi connectivity index (χ2v) is 4.96. The summed E-state index contributed by atoms with van der Waals surface area (Å²) in [7, 11) is 5.32. The van der Waals surface area contributed by atoms with Crippen LogP contribution >= 0.6 is 11.8 Å². The minimum absolute atomic E-state index is 0.0577. The van der Waals surface area contributed by atoms with Crippen molar-refractivity contribution in [3.63, 3.8) is 0 Å². The third-order valence-electron chi connectivity index (χ3n) is 2.18. The van der Waals surface area contributed by atoms with Gasteiger partial charge < -0.3 is 15.2 Å². The molecule has 0 unspecified atom stereocenters. The van der Waals surface area contributed by atoms with Crippen LogP contribution in [-0.4, -0.2) is 44.9 Å². The average molecular weight is 243 g/mol. The van der Waals surface area contributed by atoms with Crippen LogP contribution in [0.1, 0.15) is 12.7 Å². The Morgan fingerprint density at radius 2 is 2.19 bits per heavy atom. The van der Waals surface area contributed by atoms with Crippen LogP contribution in [0.15, 0.2) is 5.16 Å². The number of rotatable bonds is 4. The highest BCUT2D eigenvalue weighted by Gasteiger charge is 2.19. The zero-order valence-electron chi connectivity index (χ0n) is 9.97. The Balaban J connectivity index is 2.73. The molecule has 0 saturated heterocycles. The molecule has 0 bridgehead atoms. The lowest BCUT2D eigenvalue weighted by Gasteiger charge is -2.15. The summed E-state index contributed by atoms with van der Waals surface area (Å²) in [6, 6.07) is 0. The number of nitrogens with zero attached hydrogens (tertiary/aromatic N) is 4. The van der Waals surface area contributed by atoms with E-state index in [1.165, 1.54) is 11.8 Å². The molecule has 2 N–H and O–H groups in total. The van der Waals surface area contributed by atoms with E-state index in [0.29, 0.717) is 17.5 Å². The monoisotopic (exact) mass is 243 g/mol. The summed E-state index contributed by atoms with van der Waals surface area (Å²) in [5.41, 5.74) is 5.50. The Labute approximate surface area is 99.2 Å². The number of thioether (sulfide) groups is 1. The quantitative estimate of drug-likeness (QED) is 0.744. The van der Waals surface area contributed by atoms with E-state index in [4.69, 9.17) is 5.73 Å². The molecule has 0 saturated carbocycles. The van der Waals surface area contributed by atoms with Gasteiger partial charge in [0.25, 0.3) is 0 Å². The molecule has 7 heteroatoms. The molecule has 1 aromatic rings. The number of nitrogens with two attached hydrogens (primary N) is 1. The Morgan fingerprint density at radius 3 is 2.62 bits per heavy atom. The van der Waals surface area contributed by atoms with Gasteiger partial charge in [0.15, 0.2) is 5.16 Å². The predicted molar refractivity (Wildman–Crippen MR) is 62.9 cm³/mol. The molecule has 1 rings (SSSR count). The van der Waals surface area contributed by atoms with Crippen molar-refractivity contribution in [1.29, 1.82) is 0 Å². The first-order chi connectivity index (χ1) is 7.47. The maximum atomic E-state index is 11.7. The van der Waals surface area contributed by atoms with Crippen molar-refractivity contribution in [2.45, 2.75) is 23.9 Å². The van der Waals surface area contributed by atoms with Gasteiger partial charge in [-0.25, -0.2) is 0 Å². The van der Waals surface area contributed by atoms with E-state index < -0.39 is 0 Å². The number of hydrogen-bond donors (Lipinski definition) is 1. The van der Waals surface area contributed by atoms with E-state index >= 15 is 0 Å². The van der Waals surface area contributed by atoms with Crippen LogP contribution in [0.2, 0.25) is 0 Å². The fraction of sp³-hybridized carbons (Fsp3) is 0.667. The van der Waals surface area contributed by atoms with Gasteiger partial charge >= 0.3 is 0 Å². The van der Waals surface area contributed by atoms with Crippen LogP contribution in [0.4, 0.5) is 0 Å². The molecule has 0 spiro atoms. The van der Waals surface area contributed by atoms with E-state index in [-0.39, 0.29) is 11.2 Å². The SMILES string of the molecule is C[C@H](Sc1nnc(CN)n1C)C(=O)N(C)C. The molecule has 1 amide bonds. The van der Waals surface area contributed by atoms with Gasteiger partial charge in [-0.05, 0) is 6.92 Å². The zero-order valence-corrected chi connectivity index (χ0v) is 10.8. The summed E-state index contributed by atoms with van der Waals surface area (Å²) < 4.78 is 1.81. The number of aromatic nitrogens is 3. The first-order valence-corrected chi connectivity index (χ1v) is 5.81. The van der Waals surface area contributed by atoms with Gasteiger partial charge in [0.1, 0.15) is 5.82 Å². The van der Waals surface area contributed by atoms with E-state index in [1.807, 2.05) is 18.5 Å². The highest BCUT2D eigenvalue weighted by molar-refractivity contribution is 8.00. The van der Waals surface area contributed by atoms with Crippen LogP contribution < -0.4 is 5.73 Å². The summed E-state index contributed by atoms with van der Waals surface area (Å²) in [6.07, 6.45) is 0. The average Bonchev–Trinajstić information content (AvgIpc) is 2.58. The Morgan fingerprint density at radius 1 is 1.56 bits per heavy atom. The third-order valence-corrected chi connectivity index (χ3v) is 3.30. The molecule has 1 aromatic heterocycles. The van der Waals surface area contributed by atoms with Crippen molar-refractivity contribution in [1.82, 2.24) is 19.7 Å². The van der Waals surface area contributed by atoms with Crippen LogP contribution in [0.3, 0.4) is 0 Å². The van der Waals surface area contributed by atoms with Crippen LogP contribution in [0.25, 0.3) is 0 Å². The molecule has 16 heavy (non-hydrogen) atoms. The normalized spacial score (nSPS) is 12.6. The Hall–Kier alpha value is -1.08. The summed E-state index contributed by atoms with van der Waals surface area (Å²) in [5.74, 6) is 0.773. The van der Waals surface area contributed by atoms with Gasteiger partial charge in [-0.2, -0.15) is 0 Å². The highest BCUT2D eigenvalue weighted by Crippen LogP contribution is 2.22. The van der Waals surface area contributed by atoms with Gasteiger partial charge in [-0.1, -0.05) is 11.8 Å². The zero-order chi connectivity index (χ0) is 12.3. The van der Waals surface area contributed by atoms with Crippen LogP contribution in [0.5, 0.6) is 0 Å². The molecule has 0 fully saturated rings.